The van der Waals surface area contributed by atoms with Crippen molar-refractivity contribution < 1.29 is 30.8 Å². The molecule has 1 aromatic heterocycles. The molecule has 2 fully saturated rings. The van der Waals surface area contributed by atoms with Crippen LogP contribution in [0.3, 0.4) is 0 Å². The zero-order valence-electron chi connectivity index (χ0n) is 30.9. The summed E-state index contributed by atoms with van der Waals surface area (Å²) in [6, 6.07) is 9.02. The van der Waals surface area contributed by atoms with Gasteiger partial charge < -0.3 is 20.9 Å². The number of sulfonamides is 1. The van der Waals surface area contributed by atoms with E-state index < -0.39 is 39.3 Å². The normalized spacial score (nSPS) is 16.9. The lowest BCUT2D eigenvalue weighted by Gasteiger charge is -2.39. The molecular weight excluding hydrogens is 713 g/mol. The second-order valence-corrected chi connectivity index (χ2v) is 16.3. The quantitative estimate of drug-likeness (QED) is 0.142. The van der Waals surface area contributed by atoms with Crippen LogP contribution in [-0.2, 0) is 22.7 Å². The van der Waals surface area contributed by atoms with Crippen LogP contribution in [0, 0.1) is 18.7 Å². The number of rotatable bonds is 16. The molecule has 1 saturated carbocycles. The SMILES string of the molecule is CC[C@H](CCC(C)NC(=O)c1ccc(Nc2ncc(C(F)(F)F)c(NCc3ccc(C)cc3N(C)S(C)(=O)=O)n2)c(F)c1)N1CCN(CC2CC2)CC1. The van der Waals surface area contributed by atoms with Gasteiger partial charge >= 0.3 is 6.18 Å². The van der Waals surface area contributed by atoms with E-state index in [1.807, 2.05) is 6.92 Å². The van der Waals surface area contributed by atoms with Gasteiger partial charge in [0.15, 0.2) is 0 Å². The average molecular weight is 763 g/mol. The molecule has 1 unspecified atom stereocenters. The first-order valence-corrected chi connectivity index (χ1v) is 19.9. The predicted octanol–water partition coefficient (Wildman–Crippen LogP) is 6.40. The number of carbonyl (C=O) groups is 1. The smallest absolute Gasteiger partial charge is 0.365 e. The number of amides is 1. The summed E-state index contributed by atoms with van der Waals surface area (Å²) in [5.41, 5.74) is 0.251. The van der Waals surface area contributed by atoms with Gasteiger partial charge in [-0.15, -0.1) is 0 Å². The zero-order valence-corrected chi connectivity index (χ0v) is 31.7. The molecule has 2 atom stereocenters. The Morgan fingerprint density at radius 3 is 2.42 bits per heavy atom. The van der Waals surface area contributed by atoms with Gasteiger partial charge in [-0.25, -0.2) is 17.8 Å². The molecule has 53 heavy (non-hydrogen) atoms. The highest BCUT2D eigenvalue weighted by atomic mass is 32.2. The highest BCUT2D eigenvalue weighted by molar-refractivity contribution is 7.92. The average Bonchev–Trinajstić information content (AvgIpc) is 3.92. The van der Waals surface area contributed by atoms with Gasteiger partial charge in [0.2, 0.25) is 16.0 Å². The summed E-state index contributed by atoms with van der Waals surface area (Å²) in [7, 11) is -2.30. The van der Waals surface area contributed by atoms with Crippen molar-refractivity contribution in [1.82, 2.24) is 25.1 Å². The van der Waals surface area contributed by atoms with Crippen LogP contribution in [-0.4, -0.2) is 92.2 Å². The van der Waals surface area contributed by atoms with Crippen LogP contribution >= 0.6 is 0 Å². The molecule has 3 N–H and O–H groups in total. The Morgan fingerprint density at radius 2 is 1.79 bits per heavy atom. The third-order valence-electron chi connectivity index (χ3n) is 10.0. The molecule has 5 rings (SSSR count). The standard InChI is InChI=1S/C37H50F4N8O3S/c1-6-29(49-17-15-48(16-18-49)23-26-9-10-26)13-8-25(3)44-35(50)27-12-14-32(31(38)20-27)45-36-43-22-30(37(39,40)41)34(46-36)42-21-28-11-7-24(2)19-33(28)47(4)53(5,51)52/h7,11-12,14,19-20,22,25-26,29H,6,8-10,13,15-18,21,23H2,1-5H3,(H,44,50)(H2,42,43,45,46)/t25?,29-/m1/s1. The third-order valence-corrected chi connectivity index (χ3v) is 11.2. The molecule has 1 saturated heterocycles. The number of aromatic nitrogens is 2. The van der Waals surface area contributed by atoms with Gasteiger partial charge in [-0.2, -0.15) is 18.2 Å². The van der Waals surface area contributed by atoms with Gasteiger partial charge in [-0.3, -0.25) is 14.0 Å². The number of alkyl halides is 3. The molecule has 0 spiro atoms. The van der Waals surface area contributed by atoms with Crippen LogP contribution in [0.1, 0.15) is 73.0 Å². The summed E-state index contributed by atoms with van der Waals surface area (Å²) >= 11 is 0. The van der Waals surface area contributed by atoms with Gasteiger partial charge in [0.25, 0.3) is 5.91 Å². The van der Waals surface area contributed by atoms with Gasteiger partial charge in [-0.05, 0) is 87.3 Å². The Balaban J connectivity index is 1.20. The van der Waals surface area contributed by atoms with E-state index in [9.17, 15) is 26.4 Å². The van der Waals surface area contributed by atoms with E-state index in [2.05, 4.69) is 42.6 Å². The fourth-order valence-corrected chi connectivity index (χ4v) is 7.11. The molecule has 2 aromatic carbocycles. The molecule has 16 heteroatoms. The fraction of sp³-hybridized carbons (Fsp3) is 0.541. The van der Waals surface area contributed by atoms with E-state index in [-0.39, 0.29) is 29.8 Å². The number of benzene rings is 2. The van der Waals surface area contributed by atoms with E-state index in [1.165, 1.54) is 38.6 Å². The predicted molar refractivity (Wildman–Crippen MR) is 199 cm³/mol. The zero-order chi connectivity index (χ0) is 38.5. The summed E-state index contributed by atoms with van der Waals surface area (Å²) < 4.78 is 82.6. The van der Waals surface area contributed by atoms with E-state index in [0.29, 0.717) is 23.5 Å². The maximum absolute atomic E-state index is 15.3. The monoisotopic (exact) mass is 762 g/mol. The van der Waals surface area contributed by atoms with Crippen LogP contribution in [0.4, 0.5) is 40.7 Å². The number of nitrogens with zero attached hydrogens (tertiary/aromatic N) is 5. The third kappa shape index (κ3) is 11.0. The van der Waals surface area contributed by atoms with Gasteiger partial charge in [0.05, 0.1) is 17.6 Å². The Hall–Kier alpha value is -4.02. The molecule has 0 radical (unpaired) electrons. The summed E-state index contributed by atoms with van der Waals surface area (Å²) in [4.78, 5) is 25.9. The molecule has 290 valence electrons. The van der Waals surface area contributed by atoms with Crippen molar-refractivity contribution >= 4 is 39.1 Å². The Bertz CT molecular complexity index is 1850. The Labute approximate surface area is 309 Å². The van der Waals surface area contributed by atoms with Crippen LogP contribution in [0.15, 0.2) is 42.6 Å². The second kappa shape index (κ2) is 17.0. The minimum absolute atomic E-state index is 0.0994. The summed E-state index contributed by atoms with van der Waals surface area (Å²) in [5, 5.41) is 8.22. The molecular formula is C37H50F4N8O3S. The Morgan fingerprint density at radius 1 is 1.08 bits per heavy atom. The number of piperazine rings is 1. The minimum atomic E-state index is -4.82. The first kappa shape index (κ1) is 40.2. The van der Waals surface area contributed by atoms with Crippen molar-refractivity contribution in [2.45, 2.75) is 77.7 Å². The highest BCUT2D eigenvalue weighted by Gasteiger charge is 2.35. The maximum Gasteiger partial charge on any atom is 0.421 e. The van der Waals surface area contributed by atoms with E-state index in [4.69, 9.17) is 0 Å². The molecule has 1 amide bonds. The minimum Gasteiger partial charge on any atom is -0.365 e. The van der Waals surface area contributed by atoms with Gasteiger partial charge in [0.1, 0.15) is 17.2 Å². The number of anilines is 4. The number of carbonyl (C=O) groups excluding carboxylic acids is 1. The Kier molecular flexibility index (Phi) is 12.9. The maximum atomic E-state index is 15.3. The van der Waals surface area contributed by atoms with Crippen molar-refractivity contribution in [3.63, 3.8) is 0 Å². The van der Waals surface area contributed by atoms with Crippen molar-refractivity contribution in [3.8, 4) is 0 Å². The fourth-order valence-electron chi connectivity index (χ4n) is 6.58. The van der Waals surface area contributed by atoms with Crippen molar-refractivity contribution in [2.24, 2.45) is 5.92 Å². The van der Waals surface area contributed by atoms with E-state index >= 15 is 4.39 Å². The van der Waals surface area contributed by atoms with Crippen molar-refractivity contribution in [2.75, 3.05) is 61.0 Å². The molecule has 1 aliphatic heterocycles. The van der Waals surface area contributed by atoms with Crippen LogP contribution in [0.2, 0.25) is 0 Å². The first-order chi connectivity index (χ1) is 25.0. The number of nitrogens with one attached hydrogen (secondary N) is 3. The van der Waals surface area contributed by atoms with Crippen LogP contribution in [0.5, 0.6) is 0 Å². The van der Waals surface area contributed by atoms with Crippen molar-refractivity contribution in [3.05, 3.63) is 70.7 Å². The molecule has 11 nitrogen and oxygen atoms in total. The van der Waals surface area contributed by atoms with Gasteiger partial charge in [0, 0.05) is 70.2 Å². The van der Waals surface area contributed by atoms with Crippen LogP contribution in [0.25, 0.3) is 0 Å². The van der Waals surface area contributed by atoms with Crippen LogP contribution < -0.4 is 20.3 Å². The molecule has 2 heterocycles. The highest BCUT2D eigenvalue weighted by Crippen LogP contribution is 2.35. The molecule has 0 bridgehead atoms. The number of halogens is 4. The summed E-state index contributed by atoms with van der Waals surface area (Å²) in [5.74, 6) is -1.27. The molecule has 1 aliphatic carbocycles. The largest absolute Gasteiger partial charge is 0.421 e. The first-order valence-electron chi connectivity index (χ1n) is 18.1. The lowest BCUT2D eigenvalue weighted by molar-refractivity contribution is -0.137. The van der Waals surface area contributed by atoms with Crippen molar-refractivity contribution in [1.29, 1.82) is 0 Å². The molecule has 2 aliphatic rings. The topological polar surface area (TPSA) is 123 Å². The molecule has 3 aromatic rings. The summed E-state index contributed by atoms with van der Waals surface area (Å²) in [6.45, 7) is 11.2. The lowest BCUT2D eigenvalue weighted by atomic mass is 10.0. The van der Waals surface area contributed by atoms with Gasteiger partial charge in [-0.1, -0.05) is 19.1 Å². The number of hydrogen-bond donors (Lipinski definition) is 3. The lowest BCUT2D eigenvalue weighted by Crippen LogP contribution is -2.50. The van der Waals surface area contributed by atoms with E-state index in [1.54, 1.807) is 25.1 Å². The summed E-state index contributed by atoms with van der Waals surface area (Å²) in [6.07, 6.45) is 2.24. The second-order valence-electron chi connectivity index (χ2n) is 14.3. The number of hydrogen-bond acceptors (Lipinski definition) is 9. The number of aryl methyl sites for hydroxylation is 1. The van der Waals surface area contributed by atoms with E-state index in [0.717, 1.165) is 73.6 Å².